The molecule has 0 unspecified atom stereocenters. The lowest BCUT2D eigenvalue weighted by Crippen LogP contribution is -2.28. The second kappa shape index (κ2) is 7.00. The number of nitrogens with one attached hydrogen (secondary N) is 1. The number of carbonyl (C=O) groups excluding carboxylic acids is 1. The van der Waals surface area contributed by atoms with E-state index in [-0.39, 0.29) is 18.0 Å². The molecule has 0 radical (unpaired) electrons. The standard InChI is InChI=1S/C20H19IN2O2/c1-12-5-4-6-16-13(2)10-19(25)23(20(12)16)11-18(24)22-17-8-7-15(21)9-14(17)3/h4-10H,11H2,1-3H3,(H,22,24). The number of hydrogen-bond donors (Lipinski definition) is 1. The number of amides is 1. The number of hydrogen-bond acceptors (Lipinski definition) is 2. The van der Waals surface area contributed by atoms with Crippen LogP contribution in [0.3, 0.4) is 0 Å². The van der Waals surface area contributed by atoms with Gasteiger partial charge in [0, 0.05) is 20.7 Å². The molecule has 0 aliphatic heterocycles. The smallest absolute Gasteiger partial charge is 0.251 e. The molecule has 0 spiro atoms. The summed E-state index contributed by atoms with van der Waals surface area (Å²) in [5.41, 5.74) is 4.34. The highest BCUT2D eigenvalue weighted by Crippen LogP contribution is 2.21. The van der Waals surface area contributed by atoms with Crippen LogP contribution in [0.1, 0.15) is 16.7 Å². The normalized spacial score (nSPS) is 10.9. The average molecular weight is 446 g/mol. The van der Waals surface area contributed by atoms with E-state index in [4.69, 9.17) is 0 Å². The molecular weight excluding hydrogens is 427 g/mol. The summed E-state index contributed by atoms with van der Waals surface area (Å²) in [6.45, 7) is 5.82. The molecule has 0 atom stereocenters. The maximum atomic E-state index is 12.5. The first kappa shape index (κ1) is 17.7. The molecule has 0 saturated heterocycles. The predicted molar refractivity (Wildman–Crippen MR) is 110 cm³/mol. The van der Waals surface area contributed by atoms with E-state index in [1.807, 2.05) is 57.2 Å². The van der Waals surface area contributed by atoms with Gasteiger partial charge in [0.1, 0.15) is 6.54 Å². The zero-order valence-electron chi connectivity index (χ0n) is 14.4. The average Bonchev–Trinajstić information content (AvgIpc) is 2.54. The van der Waals surface area contributed by atoms with Crippen LogP contribution in [0.2, 0.25) is 0 Å². The van der Waals surface area contributed by atoms with Gasteiger partial charge < -0.3 is 5.32 Å². The molecule has 1 N–H and O–H groups in total. The van der Waals surface area contributed by atoms with Gasteiger partial charge >= 0.3 is 0 Å². The van der Waals surface area contributed by atoms with Crippen LogP contribution in [-0.2, 0) is 11.3 Å². The molecule has 0 saturated carbocycles. The number of carbonyl (C=O) groups is 1. The summed E-state index contributed by atoms with van der Waals surface area (Å²) in [6, 6.07) is 13.3. The molecule has 4 nitrogen and oxygen atoms in total. The van der Waals surface area contributed by atoms with E-state index in [0.717, 1.165) is 36.9 Å². The predicted octanol–water partition coefficient (Wildman–Crippen LogP) is 4.17. The van der Waals surface area contributed by atoms with Crippen molar-refractivity contribution in [3.63, 3.8) is 0 Å². The molecule has 0 bridgehead atoms. The fraction of sp³-hybridized carbons (Fsp3) is 0.200. The SMILES string of the molecule is Cc1cc(I)ccc1NC(=O)Cn1c(=O)cc(C)c2cccc(C)c21. The Labute approximate surface area is 160 Å². The van der Waals surface area contributed by atoms with E-state index in [0.29, 0.717) is 0 Å². The van der Waals surface area contributed by atoms with Crippen LogP contribution < -0.4 is 10.9 Å². The number of para-hydroxylation sites is 1. The Morgan fingerprint density at radius 3 is 2.52 bits per heavy atom. The van der Waals surface area contributed by atoms with E-state index in [1.165, 1.54) is 0 Å². The number of halogens is 1. The number of aryl methyl sites for hydroxylation is 3. The Hall–Kier alpha value is -2.15. The molecule has 0 aliphatic rings. The third-order valence-corrected chi connectivity index (χ3v) is 4.97. The summed E-state index contributed by atoms with van der Waals surface area (Å²) in [5, 5.41) is 3.91. The first-order chi connectivity index (χ1) is 11.9. The number of aromatic nitrogens is 1. The van der Waals surface area contributed by atoms with Gasteiger partial charge in [0.05, 0.1) is 5.52 Å². The minimum Gasteiger partial charge on any atom is -0.324 e. The van der Waals surface area contributed by atoms with Crippen molar-refractivity contribution in [1.29, 1.82) is 0 Å². The molecule has 128 valence electrons. The van der Waals surface area contributed by atoms with Crippen molar-refractivity contribution >= 4 is 45.1 Å². The fourth-order valence-corrected chi connectivity index (χ4v) is 3.69. The van der Waals surface area contributed by atoms with Gasteiger partial charge in [-0.05, 0) is 78.3 Å². The minimum atomic E-state index is -0.209. The van der Waals surface area contributed by atoms with Gasteiger partial charge in [-0.15, -0.1) is 0 Å². The quantitative estimate of drug-likeness (QED) is 0.615. The second-order valence-electron chi connectivity index (χ2n) is 6.23. The molecule has 1 aromatic heterocycles. The Morgan fingerprint density at radius 2 is 1.80 bits per heavy atom. The van der Waals surface area contributed by atoms with Crippen LogP contribution in [-0.4, -0.2) is 10.5 Å². The van der Waals surface area contributed by atoms with Crippen molar-refractivity contribution in [1.82, 2.24) is 4.57 Å². The van der Waals surface area contributed by atoms with Gasteiger partial charge in [-0.1, -0.05) is 18.2 Å². The molecule has 5 heteroatoms. The highest BCUT2D eigenvalue weighted by molar-refractivity contribution is 14.1. The first-order valence-corrected chi connectivity index (χ1v) is 9.10. The lowest BCUT2D eigenvalue weighted by molar-refractivity contribution is -0.116. The van der Waals surface area contributed by atoms with Crippen molar-refractivity contribution in [2.45, 2.75) is 27.3 Å². The van der Waals surface area contributed by atoms with Crippen LogP contribution >= 0.6 is 22.6 Å². The van der Waals surface area contributed by atoms with Crippen molar-refractivity contribution in [2.75, 3.05) is 5.32 Å². The van der Waals surface area contributed by atoms with Crippen molar-refractivity contribution in [3.8, 4) is 0 Å². The molecule has 2 aromatic carbocycles. The molecule has 3 rings (SSSR count). The van der Waals surface area contributed by atoms with Crippen LogP contribution in [0.25, 0.3) is 10.9 Å². The lowest BCUT2D eigenvalue weighted by atomic mass is 10.1. The molecular formula is C20H19IN2O2. The van der Waals surface area contributed by atoms with Gasteiger partial charge in [-0.25, -0.2) is 0 Å². The summed E-state index contributed by atoms with van der Waals surface area (Å²) in [7, 11) is 0. The van der Waals surface area contributed by atoms with Gasteiger partial charge in [0.25, 0.3) is 5.56 Å². The highest BCUT2D eigenvalue weighted by atomic mass is 127. The van der Waals surface area contributed by atoms with Crippen molar-refractivity contribution in [3.05, 3.63) is 73.1 Å². The summed E-state index contributed by atoms with van der Waals surface area (Å²) < 4.78 is 2.67. The van der Waals surface area contributed by atoms with Gasteiger partial charge in [0.15, 0.2) is 0 Å². The monoisotopic (exact) mass is 446 g/mol. The summed E-state index contributed by atoms with van der Waals surface area (Å²) >= 11 is 2.24. The van der Waals surface area contributed by atoms with E-state index in [9.17, 15) is 9.59 Å². The maximum Gasteiger partial charge on any atom is 0.251 e. The molecule has 1 heterocycles. The molecule has 25 heavy (non-hydrogen) atoms. The zero-order valence-corrected chi connectivity index (χ0v) is 16.5. The van der Waals surface area contributed by atoms with E-state index in [2.05, 4.69) is 27.9 Å². The fourth-order valence-electron chi connectivity index (χ4n) is 3.04. The number of anilines is 1. The summed E-state index contributed by atoms with van der Waals surface area (Å²) in [6.07, 6.45) is 0. The summed E-state index contributed by atoms with van der Waals surface area (Å²) in [4.78, 5) is 25.0. The van der Waals surface area contributed by atoms with Gasteiger partial charge in [-0.2, -0.15) is 0 Å². The Bertz CT molecular complexity index is 1040. The van der Waals surface area contributed by atoms with Crippen LogP contribution in [0.15, 0.2) is 47.3 Å². The topological polar surface area (TPSA) is 51.1 Å². The van der Waals surface area contributed by atoms with Gasteiger partial charge in [-0.3, -0.25) is 14.2 Å². The number of fused-ring (bicyclic) bond motifs is 1. The third kappa shape index (κ3) is 3.61. The Morgan fingerprint density at radius 1 is 1.04 bits per heavy atom. The van der Waals surface area contributed by atoms with Crippen LogP contribution in [0.5, 0.6) is 0 Å². The summed E-state index contributed by atoms with van der Waals surface area (Å²) in [5.74, 6) is -0.209. The maximum absolute atomic E-state index is 12.5. The van der Waals surface area contributed by atoms with E-state index < -0.39 is 0 Å². The molecule has 3 aromatic rings. The van der Waals surface area contributed by atoms with E-state index in [1.54, 1.807) is 10.6 Å². The van der Waals surface area contributed by atoms with Crippen molar-refractivity contribution < 1.29 is 4.79 Å². The third-order valence-electron chi connectivity index (χ3n) is 4.30. The number of nitrogens with zero attached hydrogens (tertiary/aromatic N) is 1. The Kier molecular flexibility index (Phi) is 4.94. The highest BCUT2D eigenvalue weighted by Gasteiger charge is 2.12. The first-order valence-electron chi connectivity index (χ1n) is 8.02. The number of pyridine rings is 1. The zero-order chi connectivity index (χ0) is 18.1. The minimum absolute atomic E-state index is 0.00804. The Balaban J connectivity index is 1.98. The van der Waals surface area contributed by atoms with Crippen LogP contribution in [0.4, 0.5) is 5.69 Å². The number of rotatable bonds is 3. The van der Waals surface area contributed by atoms with Gasteiger partial charge in [0.2, 0.25) is 5.91 Å². The molecule has 0 aliphatic carbocycles. The number of benzene rings is 2. The molecule has 0 fully saturated rings. The second-order valence-corrected chi connectivity index (χ2v) is 7.48. The van der Waals surface area contributed by atoms with Crippen molar-refractivity contribution in [2.24, 2.45) is 0 Å². The van der Waals surface area contributed by atoms with Crippen LogP contribution in [0, 0.1) is 24.3 Å². The lowest BCUT2D eigenvalue weighted by Gasteiger charge is -2.15. The molecule has 1 amide bonds. The van der Waals surface area contributed by atoms with E-state index >= 15 is 0 Å². The largest absolute Gasteiger partial charge is 0.324 e.